The number of ketones is 3. The molecule has 0 saturated heterocycles. The number of amides is 2. The molecular formula is C45H82N2O13. The summed E-state index contributed by atoms with van der Waals surface area (Å²) in [6, 6.07) is 0. The zero-order chi connectivity index (χ0) is 44.5. The van der Waals surface area contributed by atoms with E-state index in [0.717, 1.165) is 64.2 Å². The van der Waals surface area contributed by atoms with E-state index in [1.165, 1.54) is 44.9 Å². The van der Waals surface area contributed by atoms with Gasteiger partial charge in [0, 0.05) is 59.1 Å². The average Bonchev–Trinajstić information content (AvgIpc) is 3.20. The molecule has 2 amide bonds. The summed E-state index contributed by atoms with van der Waals surface area (Å²) < 4.78 is 21.5. The Labute approximate surface area is 361 Å². The van der Waals surface area contributed by atoms with E-state index in [4.69, 9.17) is 24.1 Å². The van der Waals surface area contributed by atoms with E-state index in [2.05, 4.69) is 10.6 Å². The fourth-order valence-corrected chi connectivity index (χ4v) is 6.36. The van der Waals surface area contributed by atoms with Gasteiger partial charge in [-0.25, -0.2) is 0 Å². The first-order valence-corrected chi connectivity index (χ1v) is 22.7. The van der Waals surface area contributed by atoms with Crippen LogP contribution in [0, 0.1) is 11.8 Å². The number of rotatable bonds is 46. The molecule has 350 valence electrons. The van der Waals surface area contributed by atoms with Gasteiger partial charge in [0.05, 0.1) is 39.0 Å². The van der Waals surface area contributed by atoms with Gasteiger partial charge in [-0.2, -0.15) is 0 Å². The van der Waals surface area contributed by atoms with Crippen molar-refractivity contribution in [1.29, 1.82) is 0 Å². The third kappa shape index (κ3) is 40.2. The molecule has 0 fully saturated rings. The summed E-state index contributed by atoms with van der Waals surface area (Å²) in [5.74, 6) is -3.05. The highest BCUT2D eigenvalue weighted by Gasteiger charge is 2.22. The number of carbonyl (C=O) groups excluding carboxylic acids is 5. The molecule has 0 radical (unpaired) electrons. The van der Waals surface area contributed by atoms with Crippen LogP contribution in [0.3, 0.4) is 0 Å². The van der Waals surface area contributed by atoms with Gasteiger partial charge in [0.15, 0.2) is 5.78 Å². The largest absolute Gasteiger partial charge is 0.481 e. The summed E-state index contributed by atoms with van der Waals surface area (Å²) in [5, 5.41) is 23.7. The molecule has 0 saturated carbocycles. The molecule has 60 heavy (non-hydrogen) atoms. The highest BCUT2D eigenvalue weighted by molar-refractivity contribution is 5.84. The predicted molar refractivity (Wildman–Crippen MR) is 231 cm³/mol. The Bertz CT molecular complexity index is 1170. The second kappa shape index (κ2) is 41.1. The highest BCUT2D eigenvalue weighted by atomic mass is 16.5. The van der Waals surface area contributed by atoms with Gasteiger partial charge < -0.3 is 39.8 Å². The van der Waals surface area contributed by atoms with E-state index in [-0.39, 0.29) is 108 Å². The number of Topliss-reactive ketones (excluding diaryl/α,β-unsaturated/α-hetero) is 3. The Kier molecular flexibility index (Phi) is 38.9. The fourth-order valence-electron chi connectivity index (χ4n) is 6.36. The lowest BCUT2D eigenvalue weighted by Gasteiger charge is -2.12. The Balaban J connectivity index is 0. The number of carbonyl (C=O) groups is 7. The van der Waals surface area contributed by atoms with Gasteiger partial charge in [-0.1, -0.05) is 90.4 Å². The van der Waals surface area contributed by atoms with Crippen LogP contribution in [0.15, 0.2) is 0 Å². The highest BCUT2D eigenvalue weighted by Crippen LogP contribution is 2.17. The van der Waals surface area contributed by atoms with Crippen LogP contribution in [0.1, 0.15) is 169 Å². The number of ether oxygens (including phenoxy) is 4. The molecule has 0 heterocycles. The van der Waals surface area contributed by atoms with Crippen molar-refractivity contribution in [3.05, 3.63) is 0 Å². The summed E-state index contributed by atoms with van der Waals surface area (Å²) in [4.78, 5) is 81.9. The molecular weight excluding hydrogens is 776 g/mol. The van der Waals surface area contributed by atoms with Gasteiger partial charge in [-0.3, -0.25) is 33.6 Å². The van der Waals surface area contributed by atoms with E-state index in [0.29, 0.717) is 39.0 Å². The molecule has 0 aliphatic carbocycles. The van der Waals surface area contributed by atoms with Gasteiger partial charge in [-0.15, -0.1) is 0 Å². The first kappa shape index (κ1) is 56.7. The Morgan fingerprint density at radius 3 is 1.55 bits per heavy atom. The van der Waals surface area contributed by atoms with Crippen molar-refractivity contribution < 1.29 is 64.1 Å². The van der Waals surface area contributed by atoms with Crippen LogP contribution in [0.5, 0.6) is 0 Å². The smallest absolute Gasteiger partial charge is 0.306 e. The van der Waals surface area contributed by atoms with Gasteiger partial charge in [-0.05, 0) is 45.4 Å². The average molecular weight is 859 g/mol. The maximum atomic E-state index is 12.4. The number of nitrogens with one attached hydrogen (secondary N) is 2. The molecule has 0 aromatic rings. The van der Waals surface area contributed by atoms with Crippen molar-refractivity contribution in [2.24, 2.45) is 11.8 Å². The summed E-state index contributed by atoms with van der Waals surface area (Å²) in [6.45, 7) is 5.88. The molecule has 0 rings (SSSR count). The molecule has 0 unspecified atom stereocenters. The second-order valence-corrected chi connectivity index (χ2v) is 15.8. The van der Waals surface area contributed by atoms with Crippen molar-refractivity contribution in [2.45, 2.75) is 168 Å². The lowest BCUT2D eigenvalue weighted by Crippen LogP contribution is -2.29. The minimum atomic E-state index is -1.07. The first-order chi connectivity index (χ1) is 28.9. The van der Waals surface area contributed by atoms with Gasteiger partial charge in [0.1, 0.15) is 24.8 Å². The first-order valence-electron chi connectivity index (χ1n) is 22.7. The molecule has 0 spiro atoms. The Morgan fingerprint density at radius 1 is 0.483 bits per heavy atom. The molecule has 15 heteroatoms. The van der Waals surface area contributed by atoms with Crippen LogP contribution in [0.4, 0.5) is 0 Å². The number of carboxylic acids is 2. The summed E-state index contributed by atoms with van der Waals surface area (Å²) in [5.41, 5.74) is 0. The van der Waals surface area contributed by atoms with Gasteiger partial charge >= 0.3 is 11.9 Å². The maximum Gasteiger partial charge on any atom is 0.306 e. The summed E-state index contributed by atoms with van der Waals surface area (Å²) in [7, 11) is 0. The van der Waals surface area contributed by atoms with E-state index in [1.807, 2.05) is 6.92 Å². The van der Waals surface area contributed by atoms with Crippen molar-refractivity contribution in [1.82, 2.24) is 10.6 Å². The summed E-state index contributed by atoms with van der Waals surface area (Å²) in [6.07, 6.45) is 19.4. The van der Waals surface area contributed by atoms with E-state index in [9.17, 15) is 38.7 Å². The van der Waals surface area contributed by atoms with Crippen molar-refractivity contribution >= 4 is 41.1 Å². The summed E-state index contributed by atoms with van der Waals surface area (Å²) >= 11 is 0. The van der Waals surface area contributed by atoms with E-state index < -0.39 is 17.9 Å². The Hall–Kier alpha value is -3.27. The quantitative estimate of drug-likeness (QED) is 0.0452. The zero-order valence-corrected chi connectivity index (χ0v) is 37.1. The van der Waals surface area contributed by atoms with Crippen LogP contribution in [-0.4, -0.2) is 117 Å². The molecule has 4 N–H and O–H groups in total. The minimum absolute atomic E-state index is 0. The standard InChI is InChI=1S/C45H80N2O13.H2/c1-37(38(2)48)20-17-18-26-46-43(52)36-60-33-30-57-28-19-22-41(50)35-59-32-31-58-29-27-47-42(51)25-24-39(45(55)56)34-40(49)21-15-13-11-9-7-5-3-4-6-8-10-12-14-16-23-44(53)54;/h37,39H,3-36H2,1-2H3,(H,46,52)(H,47,51)(H,53,54)(H,55,56);1H/t37-,39+;/m0./s1. The van der Waals surface area contributed by atoms with Crippen LogP contribution < -0.4 is 10.6 Å². The van der Waals surface area contributed by atoms with Gasteiger partial charge in [0.2, 0.25) is 11.8 Å². The fraction of sp³-hybridized carbons (Fsp3) is 0.844. The Morgan fingerprint density at radius 2 is 0.983 bits per heavy atom. The van der Waals surface area contributed by atoms with Crippen LogP contribution in [-0.2, 0) is 52.5 Å². The zero-order valence-electron chi connectivity index (χ0n) is 37.1. The molecule has 0 bridgehead atoms. The lowest BCUT2D eigenvalue weighted by atomic mass is 9.94. The SMILES string of the molecule is CC(=O)[C@@H](C)CCCCNC(=O)COCCOCCCC(=O)COCCOCCNC(=O)CC[C@H](CC(=O)CCCCCCCCCCCCCCCCC(=O)O)C(=O)O.[HH]. The normalized spacial score (nSPS) is 12.2. The van der Waals surface area contributed by atoms with Crippen LogP contribution in [0.25, 0.3) is 0 Å². The van der Waals surface area contributed by atoms with Crippen LogP contribution >= 0.6 is 0 Å². The number of hydrogen-bond donors (Lipinski definition) is 4. The molecule has 15 nitrogen and oxygen atoms in total. The molecule has 2 atom stereocenters. The van der Waals surface area contributed by atoms with Crippen molar-refractivity contribution in [2.75, 3.05) is 65.9 Å². The maximum absolute atomic E-state index is 12.4. The van der Waals surface area contributed by atoms with Crippen molar-refractivity contribution in [3.63, 3.8) is 0 Å². The molecule has 0 aliphatic rings. The van der Waals surface area contributed by atoms with Crippen molar-refractivity contribution in [3.8, 4) is 0 Å². The lowest BCUT2D eigenvalue weighted by molar-refractivity contribution is -0.144. The topological polar surface area (TPSA) is 221 Å². The molecule has 0 aromatic heterocycles. The molecule has 0 aromatic carbocycles. The van der Waals surface area contributed by atoms with E-state index >= 15 is 0 Å². The molecule has 0 aliphatic heterocycles. The number of aliphatic carboxylic acids is 2. The number of unbranched alkanes of at least 4 members (excludes halogenated alkanes) is 14. The van der Waals surface area contributed by atoms with Crippen LogP contribution in [0.2, 0.25) is 0 Å². The number of hydrogen-bond acceptors (Lipinski definition) is 11. The third-order valence-corrected chi connectivity index (χ3v) is 10.3. The predicted octanol–water partition coefficient (Wildman–Crippen LogP) is 7.04. The van der Waals surface area contributed by atoms with Gasteiger partial charge in [0.25, 0.3) is 0 Å². The third-order valence-electron chi connectivity index (χ3n) is 10.3. The second-order valence-electron chi connectivity index (χ2n) is 15.8. The monoisotopic (exact) mass is 859 g/mol. The number of carboxylic acid groups (broad SMARTS) is 2. The van der Waals surface area contributed by atoms with E-state index in [1.54, 1.807) is 6.92 Å². The minimum Gasteiger partial charge on any atom is -0.481 e.